The van der Waals surface area contributed by atoms with E-state index in [2.05, 4.69) is 22.1 Å². The van der Waals surface area contributed by atoms with Crippen molar-refractivity contribution in [3.05, 3.63) is 70.6 Å². The minimum atomic E-state index is -0.189. The number of oxazole rings is 1. The molecule has 150 valence electrons. The van der Waals surface area contributed by atoms with Crippen molar-refractivity contribution >= 4 is 23.2 Å². The summed E-state index contributed by atoms with van der Waals surface area (Å²) in [6.45, 7) is 6.34. The molecule has 0 aliphatic carbocycles. The van der Waals surface area contributed by atoms with Gasteiger partial charge in [-0.15, -0.1) is 0 Å². The zero-order valence-electron chi connectivity index (χ0n) is 16.6. The molecule has 1 amide bonds. The third-order valence-corrected chi connectivity index (χ3v) is 5.62. The van der Waals surface area contributed by atoms with E-state index >= 15 is 0 Å². The molecule has 1 unspecified atom stereocenters. The molecule has 5 nitrogen and oxygen atoms in total. The van der Waals surface area contributed by atoms with Gasteiger partial charge in [-0.25, -0.2) is 4.98 Å². The molecule has 1 fully saturated rings. The third-order valence-electron chi connectivity index (χ3n) is 5.38. The van der Waals surface area contributed by atoms with E-state index in [0.29, 0.717) is 29.8 Å². The van der Waals surface area contributed by atoms with Crippen LogP contribution in [0.3, 0.4) is 0 Å². The summed E-state index contributed by atoms with van der Waals surface area (Å²) in [6, 6.07) is 15.6. The molecule has 0 radical (unpaired) electrons. The fraction of sp³-hybridized carbons (Fsp3) is 0.304. The molecular weight excluding hydrogens is 386 g/mol. The lowest BCUT2D eigenvalue weighted by molar-refractivity contribution is 0.0942. The lowest BCUT2D eigenvalue weighted by atomic mass is 10.1. The van der Waals surface area contributed by atoms with Crippen molar-refractivity contribution in [1.29, 1.82) is 0 Å². The number of aryl methyl sites for hydroxylation is 2. The lowest BCUT2D eigenvalue weighted by Crippen LogP contribution is -2.31. The Labute approximate surface area is 175 Å². The van der Waals surface area contributed by atoms with Gasteiger partial charge in [-0.3, -0.25) is 4.79 Å². The molecule has 1 aliphatic heterocycles. The minimum Gasteiger partial charge on any atom is -0.441 e. The molecule has 1 aromatic heterocycles. The van der Waals surface area contributed by atoms with Crippen LogP contribution in [-0.4, -0.2) is 30.5 Å². The van der Waals surface area contributed by atoms with Gasteiger partial charge >= 0.3 is 0 Å². The second-order valence-corrected chi connectivity index (χ2v) is 7.97. The maximum absolute atomic E-state index is 12.7. The van der Waals surface area contributed by atoms with Gasteiger partial charge in [0, 0.05) is 35.9 Å². The van der Waals surface area contributed by atoms with Gasteiger partial charge in [-0.1, -0.05) is 35.9 Å². The maximum atomic E-state index is 12.7. The summed E-state index contributed by atoms with van der Waals surface area (Å²) in [5.41, 5.74) is 3.60. The van der Waals surface area contributed by atoms with E-state index in [-0.39, 0.29) is 5.91 Å². The van der Waals surface area contributed by atoms with Crippen LogP contribution in [0.1, 0.15) is 28.2 Å². The van der Waals surface area contributed by atoms with Crippen molar-refractivity contribution < 1.29 is 9.21 Å². The Morgan fingerprint density at radius 1 is 1.24 bits per heavy atom. The number of hydrogen-bond donors (Lipinski definition) is 1. The van der Waals surface area contributed by atoms with Crippen molar-refractivity contribution in [3.8, 4) is 11.5 Å². The number of anilines is 1. The molecular formula is C23H24ClN3O2. The van der Waals surface area contributed by atoms with E-state index in [9.17, 15) is 4.79 Å². The zero-order valence-corrected chi connectivity index (χ0v) is 17.4. The highest BCUT2D eigenvalue weighted by atomic mass is 35.5. The highest BCUT2D eigenvalue weighted by molar-refractivity contribution is 6.30. The fourth-order valence-electron chi connectivity index (χ4n) is 3.77. The average molecular weight is 410 g/mol. The second-order valence-electron chi connectivity index (χ2n) is 7.53. The molecule has 3 aromatic rings. The number of aromatic nitrogens is 1. The number of benzene rings is 2. The van der Waals surface area contributed by atoms with Crippen molar-refractivity contribution in [1.82, 2.24) is 10.3 Å². The van der Waals surface area contributed by atoms with Crippen LogP contribution in [0.25, 0.3) is 11.5 Å². The maximum Gasteiger partial charge on any atom is 0.273 e. The molecule has 1 N–H and O–H groups in total. The van der Waals surface area contributed by atoms with Crippen molar-refractivity contribution in [2.45, 2.75) is 20.3 Å². The van der Waals surface area contributed by atoms with Crippen LogP contribution in [0.4, 0.5) is 5.69 Å². The minimum absolute atomic E-state index is 0.189. The second kappa shape index (κ2) is 8.29. The Kier molecular flexibility index (Phi) is 5.58. The Morgan fingerprint density at radius 2 is 2.03 bits per heavy atom. The van der Waals surface area contributed by atoms with E-state index in [1.807, 2.05) is 48.5 Å². The van der Waals surface area contributed by atoms with E-state index in [1.165, 1.54) is 11.3 Å². The van der Waals surface area contributed by atoms with Gasteiger partial charge in [0.25, 0.3) is 5.91 Å². The lowest BCUT2D eigenvalue weighted by Gasteiger charge is -2.21. The summed E-state index contributed by atoms with van der Waals surface area (Å²) < 4.78 is 5.70. The molecule has 4 rings (SSSR count). The van der Waals surface area contributed by atoms with Crippen LogP contribution in [0.5, 0.6) is 0 Å². The van der Waals surface area contributed by atoms with Crippen molar-refractivity contribution in [2.75, 3.05) is 24.5 Å². The van der Waals surface area contributed by atoms with Gasteiger partial charge in [0.2, 0.25) is 5.89 Å². The van der Waals surface area contributed by atoms with Crippen LogP contribution in [0, 0.1) is 19.8 Å². The highest BCUT2D eigenvalue weighted by Gasteiger charge is 2.25. The Hall–Kier alpha value is -2.79. The first-order valence-corrected chi connectivity index (χ1v) is 10.2. The van der Waals surface area contributed by atoms with Gasteiger partial charge in [0.15, 0.2) is 5.69 Å². The number of carbonyl (C=O) groups excluding carboxylic acids is 1. The predicted octanol–water partition coefficient (Wildman–Crippen LogP) is 4.87. The molecule has 2 heterocycles. The van der Waals surface area contributed by atoms with Crippen molar-refractivity contribution in [2.24, 2.45) is 5.92 Å². The number of amides is 1. The summed E-state index contributed by atoms with van der Waals surface area (Å²) in [5, 5.41) is 3.78. The third kappa shape index (κ3) is 4.30. The predicted molar refractivity (Wildman–Crippen MR) is 116 cm³/mol. The van der Waals surface area contributed by atoms with Gasteiger partial charge < -0.3 is 14.6 Å². The Bertz CT molecular complexity index is 1020. The fourth-order valence-corrected chi connectivity index (χ4v) is 3.94. The van der Waals surface area contributed by atoms with Crippen LogP contribution in [0.15, 0.2) is 52.9 Å². The largest absolute Gasteiger partial charge is 0.441 e. The molecule has 1 aliphatic rings. The quantitative estimate of drug-likeness (QED) is 0.653. The summed E-state index contributed by atoms with van der Waals surface area (Å²) in [4.78, 5) is 19.4. The summed E-state index contributed by atoms with van der Waals surface area (Å²) in [5.74, 6) is 1.20. The van der Waals surface area contributed by atoms with Crippen molar-refractivity contribution in [3.63, 3.8) is 0 Å². The molecule has 1 saturated heterocycles. The number of hydrogen-bond acceptors (Lipinski definition) is 4. The van der Waals surface area contributed by atoms with E-state index in [0.717, 1.165) is 30.1 Å². The van der Waals surface area contributed by atoms with Crippen LogP contribution in [0.2, 0.25) is 5.02 Å². The van der Waals surface area contributed by atoms with Gasteiger partial charge in [0.05, 0.1) is 0 Å². The van der Waals surface area contributed by atoms with Gasteiger partial charge in [0.1, 0.15) is 5.76 Å². The first-order valence-electron chi connectivity index (χ1n) is 9.83. The molecule has 6 heteroatoms. The average Bonchev–Trinajstić information content (AvgIpc) is 3.35. The van der Waals surface area contributed by atoms with Gasteiger partial charge in [-0.05, 0) is 56.0 Å². The summed E-state index contributed by atoms with van der Waals surface area (Å²) in [6.07, 6.45) is 1.03. The van der Waals surface area contributed by atoms with E-state index in [4.69, 9.17) is 16.0 Å². The van der Waals surface area contributed by atoms with E-state index in [1.54, 1.807) is 6.92 Å². The first-order chi connectivity index (χ1) is 14.0. The first kappa shape index (κ1) is 19.5. The monoisotopic (exact) mass is 409 g/mol. The molecule has 0 saturated carbocycles. The highest BCUT2D eigenvalue weighted by Crippen LogP contribution is 2.29. The smallest absolute Gasteiger partial charge is 0.273 e. The Balaban J connectivity index is 1.37. The zero-order chi connectivity index (χ0) is 20.4. The molecule has 1 atom stereocenters. The number of nitrogens with zero attached hydrogens (tertiary/aromatic N) is 2. The standard InChI is InChI=1S/C23H24ClN3O2/c1-15-8-9-19(24)12-20(15)27-11-10-17(14-27)13-25-22(28)21-16(2)29-23(26-21)18-6-4-3-5-7-18/h3-9,12,17H,10-11,13-14H2,1-2H3,(H,25,28). The number of carbonyl (C=O) groups is 1. The number of nitrogens with one attached hydrogen (secondary N) is 1. The Morgan fingerprint density at radius 3 is 2.83 bits per heavy atom. The molecule has 0 bridgehead atoms. The normalized spacial score (nSPS) is 16.2. The van der Waals surface area contributed by atoms with Crippen LogP contribution >= 0.6 is 11.6 Å². The van der Waals surface area contributed by atoms with Gasteiger partial charge in [-0.2, -0.15) is 0 Å². The van der Waals surface area contributed by atoms with E-state index < -0.39 is 0 Å². The van der Waals surface area contributed by atoms with Crippen LogP contribution < -0.4 is 10.2 Å². The molecule has 0 spiro atoms. The summed E-state index contributed by atoms with van der Waals surface area (Å²) in [7, 11) is 0. The summed E-state index contributed by atoms with van der Waals surface area (Å²) >= 11 is 6.16. The topological polar surface area (TPSA) is 58.4 Å². The van der Waals surface area contributed by atoms with Crippen LogP contribution in [-0.2, 0) is 0 Å². The number of halogens is 1. The molecule has 29 heavy (non-hydrogen) atoms. The number of rotatable bonds is 5. The SMILES string of the molecule is Cc1ccc(Cl)cc1N1CCC(CNC(=O)c2nc(-c3ccccc3)oc2C)C1. The molecule has 2 aromatic carbocycles.